The van der Waals surface area contributed by atoms with Gasteiger partial charge in [0.15, 0.2) is 11.5 Å². The van der Waals surface area contributed by atoms with E-state index < -0.39 is 11.7 Å². The lowest BCUT2D eigenvalue weighted by molar-refractivity contribution is 0.0947. The van der Waals surface area contributed by atoms with Crippen molar-refractivity contribution >= 4 is 17.5 Å². The van der Waals surface area contributed by atoms with Crippen molar-refractivity contribution in [3.8, 4) is 11.5 Å². The van der Waals surface area contributed by atoms with Crippen LogP contribution in [0.15, 0.2) is 42.5 Å². The van der Waals surface area contributed by atoms with Crippen molar-refractivity contribution in [3.63, 3.8) is 0 Å². The Kier molecular flexibility index (Phi) is 4.48. The first-order valence-corrected chi connectivity index (χ1v) is 6.58. The summed E-state index contributed by atoms with van der Waals surface area (Å²) in [5.74, 6) is -0.726. The summed E-state index contributed by atoms with van der Waals surface area (Å²) in [5, 5.41) is 21.6. The topological polar surface area (TPSA) is 69.6 Å². The molecule has 2 aromatic carbocycles. The molecule has 0 aromatic heterocycles. The molecule has 104 valence electrons. The maximum absolute atomic E-state index is 11.9. The summed E-state index contributed by atoms with van der Waals surface area (Å²) in [6, 6.07) is 11.8. The zero-order valence-corrected chi connectivity index (χ0v) is 11.4. The SMILES string of the molecule is O=C(NCc1ccc(CCl)cc1)c1cccc(O)c1O. The molecule has 0 spiro atoms. The number of phenolic OH excluding ortho intramolecular Hbond substituents is 2. The fourth-order valence-electron chi connectivity index (χ4n) is 1.74. The lowest BCUT2D eigenvalue weighted by atomic mass is 10.1. The Morgan fingerprint density at radius 2 is 1.70 bits per heavy atom. The number of carbonyl (C=O) groups excluding carboxylic acids is 1. The molecule has 2 aromatic rings. The van der Waals surface area contributed by atoms with Crippen LogP contribution in [0.3, 0.4) is 0 Å². The first-order chi connectivity index (χ1) is 9.61. The van der Waals surface area contributed by atoms with Crippen LogP contribution in [-0.4, -0.2) is 16.1 Å². The van der Waals surface area contributed by atoms with E-state index in [0.717, 1.165) is 11.1 Å². The van der Waals surface area contributed by atoms with E-state index in [1.807, 2.05) is 24.3 Å². The summed E-state index contributed by atoms with van der Waals surface area (Å²) in [7, 11) is 0. The molecule has 0 bridgehead atoms. The van der Waals surface area contributed by atoms with Gasteiger partial charge in [0, 0.05) is 12.4 Å². The average molecular weight is 292 g/mol. The molecule has 0 aliphatic rings. The summed E-state index contributed by atoms with van der Waals surface area (Å²) in [4.78, 5) is 11.9. The predicted molar refractivity (Wildman–Crippen MR) is 76.9 cm³/mol. The number of para-hydroxylation sites is 1. The minimum Gasteiger partial charge on any atom is -0.504 e. The van der Waals surface area contributed by atoms with Crippen molar-refractivity contribution in [1.82, 2.24) is 5.32 Å². The first-order valence-electron chi connectivity index (χ1n) is 6.04. The second-order valence-corrected chi connectivity index (χ2v) is 4.57. The minimum atomic E-state index is -0.445. The van der Waals surface area contributed by atoms with E-state index >= 15 is 0 Å². The smallest absolute Gasteiger partial charge is 0.255 e. The fourth-order valence-corrected chi connectivity index (χ4v) is 1.92. The highest BCUT2D eigenvalue weighted by molar-refractivity contribution is 6.17. The molecule has 0 radical (unpaired) electrons. The Balaban J connectivity index is 2.02. The van der Waals surface area contributed by atoms with Gasteiger partial charge in [-0.2, -0.15) is 0 Å². The van der Waals surface area contributed by atoms with E-state index in [-0.39, 0.29) is 11.3 Å². The van der Waals surface area contributed by atoms with Crippen LogP contribution >= 0.6 is 11.6 Å². The van der Waals surface area contributed by atoms with Crippen LogP contribution in [0.1, 0.15) is 21.5 Å². The van der Waals surface area contributed by atoms with E-state index in [1.54, 1.807) is 0 Å². The molecule has 3 N–H and O–H groups in total. The molecule has 5 heteroatoms. The molecule has 0 fully saturated rings. The Morgan fingerprint density at radius 1 is 1.05 bits per heavy atom. The van der Waals surface area contributed by atoms with Crippen LogP contribution in [0, 0.1) is 0 Å². The fraction of sp³-hybridized carbons (Fsp3) is 0.133. The first kappa shape index (κ1) is 14.2. The summed E-state index contributed by atoms with van der Waals surface area (Å²) in [5.41, 5.74) is 1.97. The maximum Gasteiger partial charge on any atom is 0.255 e. The molecule has 0 aliphatic heterocycles. The summed E-state index contributed by atoms with van der Waals surface area (Å²) >= 11 is 5.70. The molecule has 0 aliphatic carbocycles. The zero-order valence-electron chi connectivity index (χ0n) is 10.6. The maximum atomic E-state index is 11.9. The van der Waals surface area contributed by atoms with Gasteiger partial charge in [0.25, 0.3) is 5.91 Å². The van der Waals surface area contributed by atoms with Crippen LogP contribution in [0.25, 0.3) is 0 Å². The van der Waals surface area contributed by atoms with Gasteiger partial charge in [-0.05, 0) is 23.3 Å². The predicted octanol–water partition coefficient (Wildman–Crippen LogP) is 2.77. The Hall–Kier alpha value is -2.20. The van der Waals surface area contributed by atoms with Gasteiger partial charge in [-0.15, -0.1) is 11.6 Å². The van der Waals surface area contributed by atoms with E-state index in [0.29, 0.717) is 12.4 Å². The van der Waals surface area contributed by atoms with Crippen molar-refractivity contribution in [2.45, 2.75) is 12.4 Å². The number of nitrogens with one attached hydrogen (secondary N) is 1. The largest absolute Gasteiger partial charge is 0.504 e. The third-order valence-electron chi connectivity index (χ3n) is 2.89. The van der Waals surface area contributed by atoms with Crippen molar-refractivity contribution in [2.24, 2.45) is 0 Å². The molecular formula is C15H14ClNO3. The number of hydrogen-bond acceptors (Lipinski definition) is 3. The number of aromatic hydroxyl groups is 2. The number of alkyl halides is 1. The van der Waals surface area contributed by atoms with Crippen LogP contribution in [0.5, 0.6) is 11.5 Å². The Labute approximate surface area is 121 Å². The van der Waals surface area contributed by atoms with Gasteiger partial charge >= 0.3 is 0 Å². The minimum absolute atomic E-state index is 0.0439. The number of amides is 1. The monoisotopic (exact) mass is 291 g/mol. The second kappa shape index (κ2) is 6.30. The highest BCUT2D eigenvalue weighted by atomic mass is 35.5. The number of rotatable bonds is 4. The van der Waals surface area contributed by atoms with Gasteiger partial charge in [-0.3, -0.25) is 4.79 Å². The molecule has 0 saturated heterocycles. The van der Waals surface area contributed by atoms with Gasteiger partial charge in [0.2, 0.25) is 0 Å². The molecule has 0 heterocycles. The highest BCUT2D eigenvalue weighted by Gasteiger charge is 2.13. The number of carbonyl (C=O) groups is 1. The Morgan fingerprint density at radius 3 is 2.35 bits per heavy atom. The molecule has 2 rings (SSSR count). The summed E-state index contributed by atoms with van der Waals surface area (Å²) in [6.45, 7) is 0.330. The number of benzene rings is 2. The van der Waals surface area contributed by atoms with E-state index in [2.05, 4.69) is 5.32 Å². The molecule has 0 unspecified atom stereocenters. The average Bonchev–Trinajstić information content (AvgIpc) is 2.48. The quantitative estimate of drug-likeness (QED) is 0.599. The summed E-state index contributed by atoms with van der Waals surface area (Å²) in [6.07, 6.45) is 0. The van der Waals surface area contributed by atoms with Gasteiger partial charge in [0.05, 0.1) is 5.56 Å². The Bertz CT molecular complexity index is 611. The van der Waals surface area contributed by atoms with Crippen molar-refractivity contribution in [2.75, 3.05) is 0 Å². The van der Waals surface area contributed by atoms with Crippen LogP contribution < -0.4 is 5.32 Å². The lowest BCUT2D eigenvalue weighted by Gasteiger charge is -2.08. The van der Waals surface area contributed by atoms with Gasteiger partial charge in [0.1, 0.15) is 0 Å². The summed E-state index contributed by atoms with van der Waals surface area (Å²) < 4.78 is 0. The van der Waals surface area contributed by atoms with E-state index in [9.17, 15) is 15.0 Å². The molecule has 0 atom stereocenters. The van der Waals surface area contributed by atoms with Crippen LogP contribution in [-0.2, 0) is 12.4 Å². The van der Waals surface area contributed by atoms with Gasteiger partial charge < -0.3 is 15.5 Å². The molecular weight excluding hydrogens is 278 g/mol. The van der Waals surface area contributed by atoms with Crippen molar-refractivity contribution in [3.05, 3.63) is 59.2 Å². The lowest BCUT2D eigenvalue weighted by Crippen LogP contribution is -2.22. The third-order valence-corrected chi connectivity index (χ3v) is 3.20. The van der Waals surface area contributed by atoms with Gasteiger partial charge in [-0.1, -0.05) is 30.3 Å². The number of hydrogen-bond donors (Lipinski definition) is 3. The van der Waals surface area contributed by atoms with Crippen molar-refractivity contribution < 1.29 is 15.0 Å². The van der Waals surface area contributed by atoms with Crippen LogP contribution in [0.4, 0.5) is 0 Å². The molecule has 4 nitrogen and oxygen atoms in total. The highest BCUT2D eigenvalue weighted by Crippen LogP contribution is 2.27. The van der Waals surface area contributed by atoms with E-state index in [4.69, 9.17) is 11.6 Å². The number of phenols is 2. The normalized spacial score (nSPS) is 10.2. The van der Waals surface area contributed by atoms with E-state index in [1.165, 1.54) is 18.2 Å². The molecule has 20 heavy (non-hydrogen) atoms. The zero-order chi connectivity index (χ0) is 14.5. The van der Waals surface area contributed by atoms with Gasteiger partial charge in [-0.25, -0.2) is 0 Å². The standard InChI is InChI=1S/C15H14ClNO3/c16-8-10-4-6-11(7-5-10)9-17-15(20)12-2-1-3-13(18)14(12)19/h1-7,18-19H,8-9H2,(H,17,20). The van der Waals surface area contributed by atoms with Crippen LogP contribution in [0.2, 0.25) is 0 Å². The second-order valence-electron chi connectivity index (χ2n) is 4.31. The molecule has 0 saturated carbocycles. The third kappa shape index (κ3) is 3.22. The number of halogens is 1. The molecule has 1 amide bonds. The van der Waals surface area contributed by atoms with Crippen molar-refractivity contribution in [1.29, 1.82) is 0 Å².